The first-order valence-electron chi connectivity index (χ1n) is 12.2. The van der Waals surface area contributed by atoms with Gasteiger partial charge in [-0.15, -0.1) is 5.10 Å². The van der Waals surface area contributed by atoms with Crippen LogP contribution in [0.15, 0.2) is 34.6 Å². The van der Waals surface area contributed by atoms with Crippen LogP contribution in [-0.2, 0) is 0 Å². The molecule has 13 heteroatoms. The molecule has 3 aromatic heterocycles. The number of pyridine rings is 1. The number of nitrogens with zero attached hydrogens (tertiary/aromatic N) is 7. The third-order valence-corrected chi connectivity index (χ3v) is 5.92. The standard InChI is InChI=1S/C21H27F2N9.C3H6F2/c1-13-16(29-25-3)4-5-17(26-13)15-8-11-32-19(15)20(24-2)28-21(30-32)27-14-6-9-31(10-7-14)12-18(22)23;1-2-3(4)5/h4-5,8,11,14,18H,6-7,9-10,12H2,1-3H3,(H2,24,27,28,30);3H,2H2,1H3. The Bertz CT molecular complexity index is 1170. The number of aryl methyl sites for hydroxylation is 1. The van der Waals surface area contributed by atoms with Gasteiger partial charge in [0.2, 0.25) is 12.4 Å². The number of alkyl halides is 4. The minimum absolute atomic E-state index is 0.0278. The molecule has 0 bridgehead atoms. The van der Waals surface area contributed by atoms with Gasteiger partial charge in [-0.1, -0.05) is 6.92 Å². The highest BCUT2D eigenvalue weighted by Crippen LogP contribution is 2.31. The van der Waals surface area contributed by atoms with Crippen LogP contribution in [0.5, 0.6) is 0 Å². The van der Waals surface area contributed by atoms with E-state index in [9.17, 15) is 17.6 Å². The van der Waals surface area contributed by atoms with E-state index < -0.39 is 12.9 Å². The van der Waals surface area contributed by atoms with Crippen molar-refractivity contribution in [2.24, 2.45) is 10.2 Å². The van der Waals surface area contributed by atoms with Crippen molar-refractivity contribution in [1.29, 1.82) is 0 Å². The van der Waals surface area contributed by atoms with E-state index in [1.165, 1.54) is 6.92 Å². The topological polar surface area (TPSA) is 95.1 Å². The van der Waals surface area contributed by atoms with Gasteiger partial charge in [0.15, 0.2) is 5.82 Å². The van der Waals surface area contributed by atoms with Gasteiger partial charge in [-0.05, 0) is 38.0 Å². The zero-order chi connectivity index (χ0) is 26.9. The molecule has 0 unspecified atom stereocenters. The quantitative estimate of drug-likeness (QED) is 0.292. The highest BCUT2D eigenvalue weighted by atomic mass is 19.3. The molecule has 1 aliphatic rings. The number of aromatic nitrogens is 4. The Labute approximate surface area is 213 Å². The summed E-state index contributed by atoms with van der Waals surface area (Å²) in [7, 11) is 3.44. The monoisotopic (exact) mass is 523 g/mol. The number of likely N-dealkylation sites (tertiary alicyclic amines) is 1. The number of nitrogens with one attached hydrogen (secondary N) is 2. The molecule has 1 saturated heterocycles. The molecular formula is C24H33F4N9. The zero-order valence-electron chi connectivity index (χ0n) is 21.4. The molecule has 0 saturated carbocycles. The van der Waals surface area contributed by atoms with Crippen LogP contribution >= 0.6 is 0 Å². The normalized spacial score (nSPS) is 15.0. The molecule has 0 spiro atoms. The number of piperidine rings is 1. The van der Waals surface area contributed by atoms with Crippen molar-refractivity contribution in [3.63, 3.8) is 0 Å². The van der Waals surface area contributed by atoms with Gasteiger partial charge in [0.25, 0.3) is 6.43 Å². The van der Waals surface area contributed by atoms with Gasteiger partial charge in [-0.25, -0.2) is 22.1 Å². The van der Waals surface area contributed by atoms with Gasteiger partial charge in [0, 0.05) is 51.4 Å². The molecule has 9 nitrogen and oxygen atoms in total. The first kappa shape index (κ1) is 28.2. The number of azo groups is 1. The fourth-order valence-electron chi connectivity index (χ4n) is 4.02. The maximum atomic E-state index is 12.6. The highest BCUT2D eigenvalue weighted by Gasteiger charge is 2.23. The molecule has 0 amide bonds. The van der Waals surface area contributed by atoms with Crippen LogP contribution in [0.25, 0.3) is 16.8 Å². The lowest BCUT2D eigenvalue weighted by Crippen LogP contribution is -2.41. The largest absolute Gasteiger partial charge is 0.371 e. The molecule has 4 rings (SSSR count). The van der Waals surface area contributed by atoms with Crippen molar-refractivity contribution >= 4 is 23.0 Å². The second-order valence-electron chi connectivity index (χ2n) is 8.57. The first-order valence-corrected chi connectivity index (χ1v) is 12.2. The number of hydrogen-bond donors (Lipinski definition) is 2. The van der Waals surface area contributed by atoms with Gasteiger partial charge >= 0.3 is 0 Å². The molecule has 1 fully saturated rings. The van der Waals surface area contributed by atoms with Crippen molar-refractivity contribution in [3.8, 4) is 11.3 Å². The predicted octanol–water partition coefficient (Wildman–Crippen LogP) is 5.66. The Hall–Kier alpha value is -3.35. The Morgan fingerprint density at radius 1 is 1.08 bits per heavy atom. The molecule has 0 atom stereocenters. The van der Waals surface area contributed by atoms with E-state index in [1.807, 2.05) is 38.4 Å². The lowest BCUT2D eigenvalue weighted by Gasteiger charge is -2.32. The smallest absolute Gasteiger partial charge is 0.251 e. The summed E-state index contributed by atoms with van der Waals surface area (Å²) in [5.74, 6) is 1.17. The van der Waals surface area contributed by atoms with Gasteiger partial charge in [-0.3, -0.25) is 9.88 Å². The number of halogens is 4. The predicted molar refractivity (Wildman–Crippen MR) is 136 cm³/mol. The molecule has 1 aliphatic heterocycles. The second-order valence-corrected chi connectivity index (χ2v) is 8.57. The highest BCUT2D eigenvalue weighted by molar-refractivity contribution is 5.87. The van der Waals surface area contributed by atoms with Crippen molar-refractivity contribution < 1.29 is 17.6 Å². The van der Waals surface area contributed by atoms with Crippen LogP contribution in [0.3, 0.4) is 0 Å². The van der Waals surface area contributed by atoms with Gasteiger partial charge in [-0.2, -0.15) is 15.2 Å². The van der Waals surface area contributed by atoms with Gasteiger partial charge in [0.05, 0.1) is 17.9 Å². The summed E-state index contributed by atoms with van der Waals surface area (Å²) in [6.07, 6.45) is -1.03. The number of rotatable bonds is 8. The van der Waals surface area contributed by atoms with E-state index in [1.54, 1.807) is 16.5 Å². The number of anilines is 2. The lowest BCUT2D eigenvalue weighted by atomic mass is 10.1. The lowest BCUT2D eigenvalue weighted by molar-refractivity contribution is 0.0769. The SMILES string of the molecule is CCC(F)F.CN=Nc1ccc(-c2ccn3nc(NC4CCN(CC(F)F)CC4)nc(NC)c23)nc1C. The summed E-state index contributed by atoms with van der Waals surface area (Å²) in [4.78, 5) is 11.1. The Morgan fingerprint density at radius 2 is 1.78 bits per heavy atom. The van der Waals surface area contributed by atoms with Crippen LogP contribution in [0, 0.1) is 6.92 Å². The van der Waals surface area contributed by atoms with E-state index in [0.717, 1.165) is 41.0 Å². The van der Waals surface area contributed by atoms with Crippen molar-refractivity contribution in [3.05, 3.63) is 30.1 Å². The molecule has 202 valence electrons. The average Bonchev–Trinajstić information content (AvgIpc) is 3.30. The van der Waals surface area contributed by atoms with Crippen LogP contribution in [0.2, 0.25) is 0 Å². The van der Waals surface area contributed by atoms with Crippen LogP contribution in [0.4, 0.5) is 35.0 Å². The van der Waals surface area contributed by atoms with Crippen LogP contribution < -0.4 is 10.6 Å². The van der Waals surface area contributed by atoms with Crippen molar-refractivity contribution in [1.82, 2.24) is 24.5 Å². The fraction of sp³-hybridized carbons (Fsp3) is 0.542. The summed E-state index contributed by atoms with van der Waals surface area (Å²) in [5, 5.41) is 19.0. The van der Waals surface area contributed by atoms with Gasteiger partial charge < -0.3 is 10.6 Å². The summed E-state index contributed by atoms with van der Waals surface area (Å²) in [5.41, 5.74) is 4.05. The molecule has 4 heterocycles. The summed E-state index contributed by atoms with van der Waals surface area (Å²) >= 11 is 0. The Morgan fingerprint density at radius 3 is 2.35 bits per heavy atom. The third-order valence-electron chi connectivity index (χ3n) is 5.92. The van der Waals surface area contributed by atoms with Crippen LogP contribution in [0.1, 0.15) is 31.9 Å². The van der Waals surface area contributed by atoms with E-state index in [-0.39, 0.29) is 19.0 Å². The average molecular weight is 524 g/mol. The maximum Gasteiger partial charge on any atom is 0.251 e. The zero-order valence-corrected chi connectivity index (χ0v) is 21.4. The second kappa shape index (κ2) is 13.3. The van der Waals surface area contributed by atoms with E-state index in [0.29, 0.717) is 24.9 Å². The summed E-state index contributed by atoms with van der Waals surface area (Å²) in [6.45, 7) is 4.45. The molecule has 0 aliphatic carbocycles. The number of hydrogen-bond acceptors (Lipinski definition) is 8. The Kier molecular flexibility index (Phi) is 10.1. The summed E-state index contributed by atoms with van der Waals surface area (Å²) < 4.78 is 48.5. The van der Waals surface area contributed by atoms with Crippen LogP contribution in [-0.4, -0.2) is 77.1 Å². The molecule has 0 radical (unpaired) electrons. The molecular weight excluding hydrogens is 490 g/mol. The van der Waals surface area contributed by atoms with Crippen molar-refractivity contribution in [2.75, 3.05) is 44.4 Å². The number of fused-ring (bicyclic) bond motifs is 1. The van der Waals surface area contributed by atoms with Crippen molar-refractivity contribution in [2.45, 2.75) is 52.0 Å². The minimum atomic E-state index is -2.29. The third kappa shape index (κ3) is 7.57. The van der Waals surface area contributed by atoms with Gasteiger partial charge in [0.1, 0.15) is 11.2 Å². The minimum Gasteiger partial charge on any atom is -0.371 e. The molecule has 3 aromatic rings. The fourth-order valence-corrected chi connectivity index (χ4v) is 4.02. The van der Waals surface area contributed by atoms with E-state index in [4.69, 9.17) is 0 Å². The first-order chi connectivity index (χ1) is 17.7. The summed E-state index contributed by atoms with van der Waals surface area (Å²) in [6, 6.07) is 5.90. The maximum absolute atomic E-state index is 12.6. The molecule has 2 N–H and O–H groups in total. The van der Waals surface area contributed by atoms with E-state index in [2.05, 4.69) is 35.9 Å². The molecule has 37 heavy (non-hydrogen) atoms. The molecule has 0 aromatic carbocycles. The van der Waals surface area contributed by atoms with E-state index >= 15 is 0 Å². The Balaban J connectivity index is 0.000000695.